The molecule has 0 fully saturated rings. The molecular weight excluding hydrogens is 332 g/mol. The van der Waals surface area contributed by atoms with Gasteiger partial charge in [0.05, 0.1) is 0 Å². The molecule has 2 atom stereocenters. The zero-order valence-electron chi connectivity index (χ0n) is 15.3. The predicted octanol–water partition coefficient (Wildman–Crippen LogP) is 2.83. The van der Waals surface area contributed by atoms with Crippen molar-refractivity contribution in [3.63, 3.8) is 0 Å². The largest absolute Gasteiger partial charge is 0.480 e. The van der Waals surface area contributed by atoms with Crippen molar-refractivity contribution in [2.75, 3.05) is 5.32 Å². The Balaban J connectivity index is 0.000000260. The number of carbonyl (C=O) groups is 2. The summed E-state index contributed by atoms with van der Waals surface area (Å²) >= 11 is 0. The summed E-state index contributed by atoms with van der Waals surface area (Å²) in [5.74, 6) is -1.80. The standard InChI is InChI=1S/2C10H13NO2/c1-7-3-5-9(6-4-7)11-8(2)10(12)13;1-7-2-4-8(5-3-7)6-9(11)10(12)13/h3-6,8,11H,1-2H3,(H,12,13);2-5,9H,6,11H2,1H3,(H,12,13)/t8-;9-/m00/s1. The lowest BCUT2D eigenvalue weighted by atomic mass is 10.1. The van der Waals surface area contributed by atoms with Gasteiger partial charge >= 0.3 is 11.9 Å². The summed E-state index contributed by atoms with van der Waals surface area (Å²) in [6.07, 6.45) is 0.385. The molecule has 6 nitrogen and oxygen atoms in total. The van der Waals surface area contributed by atoms with E-state index < -0.39 is 24.0 Å². The molecule has 2 rings (SSSR count). The fourth-order valence-corrected chi connectivity index (χ4v) is 2.03. The van der Waals surface area contributed by atoms with Gasteiger partial charge in [-0.1, -0.05) is 47.5 Å². The van der Waals surface area contributed by atoms with E-state index in [1.54, 1.807) is 6.92 Å². The Morgan fingerprint density at radius 2 is 1.38 bits per heavy atom. The minimum Gasteiger partial charge on any atom is -0.480 e. The van der Waals surface area contributed by atoms with Gasteiger partial charge in [0.2, 0.25) is 0 Å². The number of benzene rings is 2. The van der Waals surface area contributed by atoms with E-state index in [2.05, 4.69) is 5.32 Å². The van der Waals surface area contributed by atoms with Gasteiger partial charge in [0.15, 0.2) is 0 Å². The third kappa shape index (κ3) is 7.81. The van der Waals surface area contributed by atoms with Gasteiger partial charge in [-0.15, -0.1) is 0 Å². The number of rotatable bonds is 6. The van der Waals surface area contributed by atoms with Gasteiger partial charge in [0, 0.05) is 5.69 Å². The number of nitrogens with two attached hydrogens (primary N) is 1. The number of nitrogens with one attached hydrogen (secondary N) is 1. The average Bonchev–Trinajstić information content (AvgIpc) is 2.59. The van der Waals surface area contributed by atoms with E-state index in [1.807, 2.05) is 62.4 Å². The Kier molecular flexibility index (Phi) is 8.31. The Hall–Kier alpha value is -2.86. The minimum atomic E-state index is -0.958. The Morgan fingerprint density at radius 1 is 0.923 bits per heavy atom. The van der Waals surface area contributed by atoms with Gasteiger partial charge < -0.3 is 21.3 Å². The molecule has 0 radical (unpaired) electrons. The topological polar surface area (TPSA) is 113 Å². The highest BCUT2D eigenvalue weighted by Crippen LogP contribution is 2.09. The van der Waals surface area contributed by atoms with Crippen molar-refractivity contribution in [2.45, 2.75) is 39.3 Å². The molecule has 0 saturated carbocycles. The summed E-state index contributed by atoms with van der Waals surface area (Å²) in [5.41, 5.74) is 9.50. The summed E-state index contributed by atoms with van der Waals surface area (Å²) < 4.78 is 0. The Labute approximate surface area is 153 Å². The van der Waals surface area contributed by atoms with Gasteiger partial charge in [0.1, 0.15) is 12.1 Å². The quantitative estimate of drug-likeness (QED) is 0.632. The van der Waals surface area contributed by atoms with Crippen molar-refractivity contribution < 1.29 is 19.8 Å². The fourth-order valence-electron chi connectivity index (χ4n) is 2.03. The van der Waals surface area contributed by atoms with Crippen molar-refractivity contribution in [3.8, 4) is 0 Å². The number of carboxylic acid groups (broad SMARTS) is 2. The Bertz CT molecular complexity index is 648. The number of hydrogen-bond donors (Lipinski definition) is 4. The van der Waals surface area contributed by atoms with E-state index >= 15 is 0 Å². The van der Waals surface area contributed by atoms with Crippen LogP contribution in [0.1, 0.15) is 23.6 Å². The van der Waals surface area contributed by atoms with Crippen LogP contribution in [0.15, 0.2) is 48.5 Å². The first-order valence-corrected chi connectivity index (χ1v) is 8.29. The molecule has 0 amide bonds. The summed E-state index contributed by atoms with van der Waals surface area (Å²) in [4.78, 5) is 21.0. The molecule has 0 spiro atoms. The number of aliphatic carboxylic acids is 2. The smallest absolute Gasteiger partial charge is 0.325 e. The third-order valence-corrected chi connectivity index (χ3v) is 3.70. The normalized spacial score (nSPS) is 12.3. The van der Waals surface area contributed by atoms with Crippen LogP contribution in [0.2, 0.25) is 0 Å². The molecule has 140 valence electrons. The lowest BCUT2D eigenvalue weighted by Crippen LogP contribution is -2.32. The Morgan fingerprint density at radius 3 is 1.81 bits per heavy atom. The molecule has 0 bridgehead atoms. The number of aryl methyl sites for hydroxylation is 2. The van der Waals surface area contributed by atoms with Crippen molar-refractivity contribution in [1.29, 1.82) is 0 Å². The van der Waals surface area contributed by atoms with Crippen molar-refractivity contribution in [3.05, 3.63) is 65.2 Å². The van der Waals surface area contributed by atoms with Crippen molar-refractivity contribution in [1.82, 2.24) is 0 Å². The van der Waals surface area contributed by atoms with E-state index in [0.29, 0.717) is 6.42 Å². The van der Waals surface area contributed by atoms with Crippen molar-refractivity contribution >= 4 is 17.6 Å². The molecule has 0 aliphatic rings. The number of hydrogen-bond acceptors (Lipinski definition) is 4. The van der Waals surface area contributed by atoms with E-state index in [1.165, 1.54) is 0 Å². The monoisotopic (exact) mass is 358 g/mol. The molecule has 5 N–H and O–H groups in total. The summed E-state index contributed by atoms with van der Waals surface area (Å²) in [5, 5.41) is 20.1. The first-order valence-electron chi connectivity index (χ1n) is 8.29. The second-order valence-electron chi connectivity index (χ2n) is 6.20. The molecule has 0 aromatic heterocycles. The lowest BCUT2D eigenvalue weighted by Gasteiger charge is -2.10. The first-order chi connectivity index (χ1) is 12.2. The summed E-state index contributed by atoms with van der Waals surface area (Å²) in [6, 6.07) is 14.0. The molecule has 0 unspecified atom stereocenters. The maximum absolute atomic E-state index is 10.5. The molecule has 0 heterocycles. The lowest BCUT2D eigenvalue weighted by molar-refractivity contribution is -0.139. The second-order valence-corrected chi connectivity index (χ2v) is 6.20. The zero-order valence-corrected chi connectivity index (χ0v) is 15.3. The molecule has 0 aliphatic carbocycles. The number of anilines is 1. The minimum absolute atomic E-state index is 0.385. The zero-order chi connectivity index (χ0) is 19.7. The fraction of sp³-hybridized carbons (Fsp3) is 0.300. The van der Waals surface area contributed by atoms with Gasteiger partial charge in [0.25, 0.3) is 0 Å². The predicted molar refractivity (Wildman–Crippen MR) is 102 cm³/mol. The molecule has 6 heteroatoms. The molecule has 0 aliphatic heterocycles. The first kappa shape index (κ1) is 21.2. The second kappa shape index (κ2) is 10.2. The van der Waals surface area contributed by atoms with E-state index in [9.17, 15) is 9.59 Å². The van der Waals surface area contributed by atoms with E-state index in [0.717, 1.165) is 22.4 Å². The highest BCUT2D eigenvalue weighted by Gasteiger charge is 2.11. The van der Waals surface area contributed by atoms with Gasteiger partial charge in [-0.25, -0.2) is 0 Å². The van der Waals surface area contributed by atoms with Gasteiger partial charge in [-0.05, 0) is 44.9 Å². The maximum Gasteiger partial charge on any atom is 0.325 e. The molecule has 2 aromatic carbocycles. The summed E-state index contributed by atoms with van der Waals surface area (Å²) in [7, 11) is 0. The molecule has 2 aromatic rings. The van der Waals surface area contributed by atoms with Crippen LogP contribution in [-0.2, 0) is 16.0 Å². The number of carboxylic acids is 2. The molecule has 26 heavy (non-hydrogen) atoms. The van der Waals surface area contributed by atoms with Crippen LogP contribution in [-0.4, -0.2) is 34.2 Å². The van der Waals surface area contributed by atoms with Crippen molar-refractivity contribution in [2.24, 2.45) is 5.73 Å². The van der Waals surface area contributed by atoms with Gasteiger partial charge in [-0.3, -0.25) is 9.59 Å². The van der Waals surface area contributed by atoms with E-state index in [-0.39, 0.29) is 0 Å². The molecular formula is C20H26N2O4. The van der Waals surface area contributed by atoms with Crippen LogP contribution in [0.5, 0.6) is 0 Å². The maximum atomic E-state index is 10.5. The van der Waals surface area contributed by atoms with Crippen LogP contribution in [0.25, 0.3) is 0 Å². The highest BCUT2D eigenvalue weighted by molar-refractivity contribution is 5.76. The van der Waals surface area contributed by atoms with Crippen LogP contribution in [0, 0.1) is 13.8 Å². The van der Waals surface area contributed by atoms with Gasteiger partial charge in [-0.2, -0.15) is 0 Å². The average molecular weight is 358 g/mol. The van der Waals surface area contributed by atoms with E-state index in [4.69, 9.17) is 15.9 Å². The van der Waals surface area contributed by atoms with Crippen LogP contribution < -0.4 is 11.1 Å². The van der Waals surface area contributed by atoms with Crippen LogP contribution in [0.3, 0.4) is 0 Å². The van der Waals surface area contributed by atoms with Crippen LogP contribution in [0.4, 0.5) is 5.69 Å². The SMILES string of the molecule is Cc1ccc(C[C@H](N)C(=O)O)cc1.Cc1ccc(N[C@@H](C)C(=O)O)cc1. The third-order valence-electron chi connectivity index (χ3n) is 3.70. The summed E-state index contributed by atoms with van der Waals surface area (Å²) in [6.45, 7) is 5.59. The highest BCUT2D eigenvalue weighted by atomic mass is 16.4. The molecule has 0 saturated heterocycles. The van der Waals surface area contributed by atoms with Crippen LogP contribution >= 0.6 is 0 Å².